The number of pyridine rings is 1. The van der Waals surface area contributed by atoms with Gasteiger partial charge < -0.3 is 10.2 Å². The Bertz CT molecular complexity index is 733. The maximum absolute atomic E-state index is 11.9. The van der Waals surface area contributed by atoms with Crippen molar-refractivity contribution in [2.75, 3.05) is 13.1 Å². The number of carbonyl (C=O) groups is 1. The van der Waals surface area contributed by atoms with Gasteiger partial charge in [-0.1, -0.05) is 43.7 Å². The standard InChI is InChI=1S/C21H26N2O3/c1-2-11-21(20(25)26)15-23(13-10-19(21)24)14-16-6-8-17(9-7-16)18-5-3-4-12-22-18/h3-9,12,19,24H,2,10-11,13-15H2,1H3,(H,25,26)/t19-,21+/m0/s1. The molecule has 2 heterocycles. The molecule has 0 spiro atoms. The van der Waals surface area contributed by atoms with Crippen molar-refractivity contribution in [2.24, 2.45) is 5.41 Å². The quantitative estimate of drug-likeness (QED) is 0.833. The highest BCUT2D eigenvalue weighted by Crippen LogP contribution is 2.36. The van der Waals surface area contributed by atoms with Gasteiger partial charge in [0.1, 0.15) is 5.41 Å². The third-order valence-corrected chi connectivity index (χ3v) is 5.31. The van der Waals surface area contributed by atoms with Gasteiger partial charge in [-0.2, -0.15) is 0 Å². The molecule has 138 valence electrons. The highest BCUT2D eigenvalue weighted by molar-refractivity contribution is 5.76. The minimum Gasteiger partial charge on any atom is -0.481 e. The number of aliphatic carboxylic acids is 1. The normalized spacial score (nSPS) is 23.7. The highest BCUT2D eigenvalue weighted by atomic mass is 16.4. The lowest BCUT2D eigenvalue weighted by molar-refractivity contribution is -0.164. The summed E-state index contributed by atoms with van der Waals surface area (Å²) in [7, 11) is 0. The van der Waals surface area contributed by atoms with Crippen LogP contribution in [-0.4, -0.2) is 45.3 Å². The van der Waals surface area contributed by atoms with Gasteiger partial charge in [0.05, 0.1) is 11.8 Å². The first kappa shape index (κ1) is 18.5. The maximum atomic E-state index is 11.9. The fourth-order valence-corrected chi connectivity index (χ4v) is 3.88. The van der Waals surface area contributed by atoms with Crippen molar-refractivity contribution in [1.82, 2.24) is 9.88 Å². The van der Waals surface area contributed by atoms with E-state index in [2.05, 4.69) is 22.0 Å². The Labute approximate surface area is 154 Å². The van der Waals surface area contributed by atoms with E-state index >= 15 is 0 Å². The van der Waals surface area contributed by atoms with Crippen molar-refractivity contribution in [2.45, 2.75) is 38.8 Å². The first-order chi connectivity index (χ1) is 12.5. The number of aliphatic hydroxyl groups excluding tert-OH is 1. The van der Waals surface area contributed by atoms with Crippen LogP contribution in [0.2, 0.25) is 0 Å². The fourth-order valence-electron chi connectivity index (χ4n) is 3.88. The van der Waals surface area contributed by atoms with Crippen LogP contribution in [0.1, 0.15) is 31.7 Å². The van der Waals surface area contributed by atoms with E-state index in [1.54, 1.807) is 6.20 Å². The molecule has 0 saturated carbocycles. The zero-order valence-corrected chi connectivity index (χ0v) is 15.1. The molecule has 1 aromatic heterocycles. The summed E-state index contributed by atoms with van der Waals surface area (Å²) in [6, 6.07) is 14.1. The first-order valence-electron chi connectivity index (χ1n) is 9.19. The van der Waals surface area contributed by atoms with Crippen molar-refractivity contribution in [3.63, 3.8) is 0 Å². The molecule has 2 atom stereocenters. The average Bonchev–Trinajstić information content (AvgIpc) is 2.66. The second-order valence-corrected chi connectivity index (χ2v) is 7.14. The van der Waals surface area contributed by atoms with Crippen LogP contribution in [0, 0.1) is 5.41 Å². The molecule has 0 radical (unpaired) electrons. The molecular weight excluding hydrogens is 328 g/mol. The predicted octanol–water partition coefficient (Wildman–Crippen LogP) is 3.19. The van der Waals surface area contributed by atoms with Crippen molar-refractivity contribution in [3.05, 3.63) is 54.2 Å². The lowest BCUT2D eigenvalue weighted by Gasteiger charge is -2.43. The third kappa shape index (κ3) is 3.79. The summed E-state index contributed by atoms with van der Waals surface area (Å²) >= 11 is 0. The topological polar surface area (TPSA) is 73.7 Å². The van der Waals surface area contributed by atoms with Crippen molar-refractivity contribution in [3.8, 4) is 11.3 Å². The summed E-state index contributed by atoms with van der Waals surface area (Å²) in [5.41, 5.74) is 2.08. The maximum Gasteiger partial charge on any atom is 0.313 e. The molecule has 26 heavy (non-hydrogen) atoms. The van der Waals surface area contributed by atoms with Crippen molar-refractivity contribution < 1.29 is 15.0 Å². The van der Waals surface area contributed by atoms with Gasteiger partial charge in [-0.05, 0) is 30.5 Å². The summed E-state index contributed by atoms with van der Waals surface area (Å²) < 4.78 is 0. The van der Waals surface area contributed by atoms with Crippen LogP contribution in [0.25, 0.3) is 11.3 Å². The summed E-state index contributed by atoms with van der Waals surface area (Å²) in [6.45, 7) is 3.75. The van der Waals surface area contributed by atoms with Gasteiger partial charge >= 0.3 is 5.97 Å². The Balaban J connectivity index is 1.71. The molecule has 5 nitrogen and oxygen atoms in total. The minimum atomic E-state index is -1.05. The molecule has 5 heteroatoms. The van der Waals surface area contributed by atoms with Gasteiger partial charge in [-0.25, -0.2) is 0 Å². The zero-order chi connectivity index (χ0) is 18.6. The average molecular weight is 354 g/mol. The zero-order valence-electron chi connectivity index (χ0n) is 15.1. The molecule has 0 amide bonds. The number of carboxylic acid groups (broad SMARTS) is 1. The van der Waals surface area contributed by atoms with Gasteiger partial charge in [0.25, 0.3) is 0 Å². The van der Waals surface area contributed by atoms with E-state index in [9.17, 15) is 15.0 Å². The van der Waals surface area contributed by atoms with E-state index in [-0.39, 0.29) is 0 Å². The highest BCUT2D eigenvalue weighted by Gasteiger charge is 2.48. The lowest BCUT2D eigenvalue weighted by atomic mass is 9.74. The van der Waals surface area contributed by atoms with Gasteiger partial charge in [-0.3, -0.25) is 14.7 Å². The SMILES string of the molecule is CCC[C@@]1(C(=O)O)CN(Cc2ccc(-c3ccccn3)cc2)CC[C@@H]1O. The molecule has 2 N–H and O–H groups in total. The van der Waals surface area contributed by atoms with E-state index in [0.717, 1.165) is 23.2 Å². The van der Waals surface area contributed by atoms with Crippen LogP contribution < -0.4 is 0 Å². The van der Waals surface area contributed by atoms with Gasteiger partial charge in [0.2, 0.25) is 0 Å². The Morgan fingerprint density at radius 2 is 2.04 bits per heavy atom. The van der Waals surface area contributed by atoms with Crippen LogP contribution in [0.3, 0.4) is 0 Å². The van der Waals surface area contributed by atoms with Crippen LogP contribution in [-0.2, 0) is 11.3 Å². The molecule has 0 unspecified atom stereocenters. The number of hydrogen-bond acceptors (Lipinski definition) is 4. The summed E-state index contributed by atoms with van der Waals surface area (Å²) in [6.07, 6.45) is 2.75. The van der Waals surface area contributed by atoms with E-state index < -0.39 is 17.5 Å². The molecule has 1 fully saturated rings. The van der Waals surface area contributed by atoms with Crippen LogP contribution in [0.4, 0.5) is 0 Å². The number of likely N-dealkylation sites (tertiary alicyclic amines) is 1. The smallest absolute Gasteiger partial charge is 0.313 e. The summed E-state index contributed by atoms with van der Waals surface area (Å²) in [4.78, 5) is 18.4. The fraction of sp³-hybridized carbons (Fsp3) is 0.429. The molecule has 1 aromatic carbocycles. The van der Waals surface area contributed by atoms with Crippen LogP contribution >= 0.6 is 0 Å². The number of nitrogens with zero attached hydrogens (tertiary/aromatic N) is 2. The second-order valence-electron chi connectivity index (χ2n) is 7.14. The Morgan fingerprint density at radius 1 is 1.27 bits per heavy atom. The van der Waals surface area contributed by atoms with E-state index in [1.807, 2.05) is 37.3 Å². The molecule has 0 aliphatic carbocycles. The summed E-state index contributed by atoms with van der Waals surface area (Å²) in [5, 5.41) is 20.1. The van der Waals surface area contributed by atoms with Crippen LogP contribution in [0.15, 0.2) is 48.7 Å². The number of piperidine rings is 1. The second kappa shape index (κ2) is 7.98. The molecule has 2 aromatic rings. The number of hydrogen-bond donors (Lipinski definition) is 2. The summed E-state index contributed by atoms with van der Waals surface area (Å²) in [5.74, 6) is -0.887. The van der Waals surface area contributed by atoms with Gasteiger partial charge in [-0.15, -0.1) is 0 Å². The van der Waals surface area contributed by atoms with Gasteiger partial charge in [0, 0.05) is 31.4 Å². The lowest BCUT2D eigenvalue weighted by Crippen LogP contribution is -2.55. The number of benzene rings is 1. The van der Waals surface area contributed by atoms with E-state index in [1.165, 1.54) is 0 Å². The monoisotopic (exact) mass is 354 g/mol. The number of carboxylic acids is 1. The molecule has 0 bridgehead atoms. The minimum absolute atomic E-state index is 0.388. The van der Waals surface area contributed by atoms with E-state index in [4.69, 9.17) is 0 Å². The molecule has 1 aliphatic rings. The molecular formula is C21H26N2O3. The first-order valence-corrected chi connectivity index (χ1v) is 9.19. The van der Waals surface area contributed by atoms with Crippen LogP contribution in [0.5, 0.6) is 0 Å². The number of rotatable bonds is 6. The number of aromatic nitrogens is 1. The third-order valence-electron chi connectivity index (χ3n) is 5.31. The van der Waals surface area contributed by atoms with Gasteiger partial charge in [0.15, 0.2) is 0 Å². The Hall–Kier alpha value is -2.24. The molecule has 1 saturated heterocycles. The largest absolute Gasteiger partial charge is 0.481 e. The Morgan fingerprint density at radius 3 is 2.65 bits per heavy atom. The van der Waals surface area contributed by atoms with E-state index in [0.29, 0.717) is 32.5 Å². The predicted molar refractivity (Wildman–Crippen MR) is 101 cm³/mol. The van der Waals surface area contributed by atoms with Crippen molar-refractivity contribution >= 4 is 5.97 Å². The Kier molecular flexibility index (Phi) is 5.69. The number of aliphatic hydroxyl groups is 1. The molecule has 3 rings (SSSR count). The molecule has 1 aliphatic heterocycles. The van der Waals surface area contributed by atoms with Crippen molar-refractivity contribution in [1.29, 1.82) is 0 Å².